The van der Waals surface area contributed by atoms with Gasteiger partial charge in [0.2, 0.25) is 0 Å². The minimum atomic E-state index is -1.16. The summed E-state index contributed by atoms with van der Waals surface area (Å²) in [4.78, 5) is 10.8. The van der Waals surface area contributed by atoms with Crippen molar-refractivity contribution in [2.75, 3.05) is 7.11 Å². The van der Waals surface area contributed by atoms with Crippen molar-refractivity contribution in [3.63, 3.8) is 0 Å². The molecule has 0 aliphatic heterocycles. The number of hydrogen-bond donors (Lipinski definition) is 2. The molecule has 1 aromatic carbocycles. The molecule has 7 heteroatoms. The van der Waals surface area contributed by atoms with Crippen LogP contribution in [0.2, 0.25) is 0 Å². The van der Waals surface area contributed by atoms with E-state index < -0.39 is 11.8 Å². The Morgan fingerprint density at radius 2 is 2.21 bits per heavy atom. The Balaban J connectivity index is 2.69. The van der Waals surface area contributed by atoms with Gasteiger partial charge in [0.15, 0.2) is 5.82 Å². The summed E-state index contributed by atoms with van der Waals surface area (Å²) in [5.74, 6) is -1.39. The van der Waals surface area contributed by atoms with Crippen molar-refractivity contribution in [2.24, 2.45) is 0 Å². The third-order valence-corrected chi connectivity index (χ3v) is 3.20. The third kappa shape index (κ3) is 2.33. The van der Waals surface area contributed by atoms with E-state index in [1.165, 1.54) is 13.2 Å². The minimum Gasteiger partial charge on any atom is -0.496 e. The van der Waals surface area contributed by atoms with Gasteiger partial charge in [0.25, 0.3) is 0 Å². The first-order valence-corrected chi connectivity index (χ1v) is 6.06. The molecule has 0 aliphatic carbocycles. The highest BCUT2D eigenvalue weighted by Crippen LogP contribution is 2.38. The first kappa shape index (κ1) is 13.5. The summed E-state index contributed by atoms with van der Waals surface area (Å²) in [6.07, 6.45) is 0. The van der Waals surface area contributed by atoms with E-state index in [2.05, 4.69) is 26.1 Å². The highest BCUT2D eigenvalue weighted by molar-refractivity contribution is 9.10. The van der Waals surface area contributed by atoms with Gasteiger partial charge in [0, 0.05) is 0 Å². The van der Waals surface area contributed by atoms with Gasteiger partial charge in [-0.1, -0.05) is 0 Å². The average molecular weight is 329 g/mol. The van der Waals surface area contributed by atoms with Crippen molar-refractivity contribution >= 4 is 21.9 Å². The van der Waals surface area contributed by atoms with Gasteiger partial charge < -0.3 is 9.84 Å². The van der Waals surface area contributed by atoms with Gasteiger partial charge in [-0.3, -0.25) is 5.10 Å². The van der Waals surface area contributed by atoms with Gasteiger partial charge >= 0.3 is 5.97 Å². The van der Waals surface area contributed by atoms with Crippen molar-refractivity contribution in [2.45, 2.75) is 6.92 Å². The Morgan fingerprint density at radius 3 is 2.74 bits per heavy atom. The topological polar surface area (TPSA) is 75.2 Å². The van der Waals surface area contributed by atoms with Crippen molar-refractivity contribution in [3.05, 3.63) is 33.7 Å². The molecule has 5 nitrogen and oxygen atoms in total. The standard InChI is InChI=1S/C12H10BrFN2O3/c1-5-3-6(13)10(14)9(11(5)19-2)7-4-8(12(17)18)16-15-7/h3-4H,1-2H3,(H,15,16)(H,17,18). The van der Waals surface area contributed by atoms with Crippen LogP contribution in [0.5, 0.6) is 5.75 Å². The molecule has 0 unspecified atom stereocenters. The normalized spacial score (nSPS) is 10.5. The fourth-order valence-corrected chi connectivity index (χ4v) is 2.33. The van der Waals surface area contributed by atoms with Crippen LogP contribution in [0.25, 0.3) is 11.3 Å². The number of halogens is 2. The van der Waals surface area contributed by atoms with Gasteiger partial charge in [-0.25, -0.2) is 9.18 Å². The fourth-order valence-electron chi connectivity index (χ4n) is 1.79. The second kappa shape index (κ2) is 5.00. The molecule has 0 saturated heterocycles. The van der Waals surface area contributed by atoms with Crippen molar-refractivity contribution in [1.29, 1.82) is 0 Å². The quantitative estimate of drug-likeness (QED) is 0.908. The molecular weight excluding hydrogens is 319 g/mol. The molecule has 0 amide bonds. The summed E-state index contributed by atoms with van der Waals surface area (Å²) >= 11 is 3.11. The number of benzene rings is 1. The largest absolute Gasteiger partial charge is 0.496 e. The van der Waals surface area contributed by atoms with Crippen LogP contribution in [-0.4, -0.2) is 28.4 Å². The van der Waals surface area contributed by atoms with E-state index in [-0.39, 0.29) is 21.4 Å². The predicted octanol–water partition coefficient (Wildman–Crippen LogP) is 2.99. The lowest BCUT2D eigenvalue weighted by atomic mass is 10.1. The zero-order valence-electron chi connectivity index (χ0n) is 10.1. The molecule has 100 valence electrons. The molecule has 0 aliphatic rings. The molecule has 0 bridgehead atoms. The highest BCUT2D eigenvalue weighted by Gasteiger charge is 2.21. The number of ether oxygens (including phenoxy) is 1. The number of carbonyl (C=O) groups is 1. The zero-order chi connectivity index (χ0) is 14.2. The van der Waals surface area contributed by atoms with Crippen molar-refractivity contribution < 1.29 is 19.0 Å². The number of H-pyrrole nitrogens is 1. The Labute approximate surface area is 116 Å². The molecule has 0 atom stereocenters. The molecule has 2 N–H and O–H groups in total. The van der Waals surface area contributed by atoms with Crippen molar-refractivity contribution in [1.82, 2.24) is 10.2 Å². The van der Waals surface area contributed by atoms with Gasteiger partial charge in [-0.05, 0) is 40.5 Å². The Kier molecular flexibility index (Phi) is 3.57. The summed E-state index contributed by atoms with van der Waals surface area (Å²) in [6, 6.07) is 2.84. The number of aromatic carboxylic acids is 1. The summed E-state index contributed by atoms with van der Waals surface area (Å²) < 4.78 is 19.6. The van der Waals surface area contributed by atoms with Gasteiger partial charge in [0.1, 0.15) is 11.4 Å². The maximum absolute atomic E-state index is 14.2. The van der Waals surface area contributed by atoms with Gasteiger partial charge in [-0.2, -0.15) is 5.10 Å². The number of aryl methyl sites for hydroxylation is 1. The molecule has 19 heavy (non-hydrogen) atoms. The Morgan fingerprint density at radius 1 is 1.53 bits per heavy atom. The molecule has 2 aromatic rings. The van der Waals surface area contributed by atoms with E-state index in [0.29, 0.717) is 11.3 Å². The Hall–Kier alpha value is -1.89. The maximum Gasteiger partial charge on any atom is 0.353 e. The minimum absolute atomic E-state index is 0.117. The lowest BCUT2D eigenvalue weighted by molar-refractivity contribution is 0.0690. The number of hydrogen-bond acceptors (Lipinski definition) is 3. The molecule has 0 fully saturated rings. The molecular formula is C12H10BrFN2O3. The predicted molar refractivity (Wildman–Crippen MR) is 69.9 cm³/mol. The molecule has 0 saturated carbocycles. The molecule has 0 spiro atoms. The number of methoxy groups -OCH3 is 1. The SMILES string of the molecule is COc1c(C)cc(Br)c(F)c1-c1cc(C(=O)O)[nH]n1. The Bertz CT molecular complexity index is 655. The smallest absolute Gasteiger partial charge is 0.353 e. The summed E-state index contributed by atoms with van der Waals surface area (Å²) in [5, 5.41) is 15.0. The highest BCUT2D eigenvalue weighted by atomic mass is 79.9. The van der Waals surface area contributed by atoms with E-state index in [9.17, 15) is 9.18 Å². The van der Waals surface area contributed by atoms with E-state index >= 15 is 0 Å². The maximum atomic E-state index is 14.2. The number of aromatic nitrogens is 2. The molecule has 1 heterocycles. The first-order chi connectivity index (χ1) is 8.95. The summed E-state index contributed by atoms with van der Waals surface area (Å²) in [5.41, 5.74) is 0.897. The molecule has 2 rings (SSSR count). The van der Waals surface area contributed by atoms with Crippen LogP contribution < -0.4 is 4.74 Å². The second-order valence-electron chi connectivity index (χ2n) is 3.87. The molecule has 1 aromatic heterocycles. The number of carboxylic acid groups (broad SMARTS) is 1. The number of nitrogens with one attached hydrogen (secondary N) is 1. The zero-order valence-corrected chi connectivity index (χ0v) is 11.7. The van der Waals surface area contributed by atoms with E-state index in [4.69, 9.17) is 9.84 Å². The van der Waals surface area contributed by atoms with Gasteiger partial charge in [0.05, 0.1) is 22.8 Å². The third-order valence-electron chi connectivity index (χ3n) is 2.63. The van der Waals surface area contributed by atoms with Crippen LogP contribution in [0.4, 0.5) is 4.39 Å². The van der Waals surface area contributed by atoms with E-state index in [0.717, 1.165) is 0 Å². The number of carboxylic acids is 1. The van der Waals surface area contributed by atoms with Crippen LogP contribution in [0.1, 0.15) is 16.1 Å². The van der Waals surface area contributed by atoms with Crippen LogP contribution in [-0.2, 0) is 0 Å². The lowest BCUT2D eigenvalue weighted by Crippen LogP contribution is -1.96. The van der Waals surface area contributed by atoms with Crippen molar-refractivity contribution in [3.8, 4) is 17.0 Å². The first-order valence-electron chi connectivity index (χ1n) is 5.27. The van der Waals surface area contributed by atoms with Crippen LogP contribution in [0, 0.1) is 12.7 Å². The summed E-state index contributed by atoms with van der Waals surface area (Å²) in [6.45, 7) is 1.76. The van der Waals surface area contributed by atoms with Crippen LogP contribution in [0.15, 0.2) is 16.6 Å². The lowest BCUT2D eigenvalue weighted by Gasteiger charge is -2.12. The van der Waals surface area contributed by atoms with Crippen LogP contribution in [0.3, 0.4) is 0 Å². The number of rotatable bonds is 3. The molecule has 0 radical (unpaired) electrons. The number of aromatic amines is 1. The number of nitrogens with zero attached hydrogens (tertiary/aromatic N) is 1. The average Bonchev–Trinajstić information content (AvgIpc) is 2.82. The van der Waals surface area contributed by atoms with E-state index in [1.807, 2.05) is 0 Å². The van der Waals surface area contributed by atoms with Crippen LogP contribution >= 0.6 is 15.9 Å². The monoisotopic (exact) mass is 328 g/mol. The summed E-state index contributed by atoms with van der Waals surface area (Å²) in [7, 11) is 1.42. The second-order valence-corrected chi connectivity index (χ2v) is 4.72. The fraction of sp³-hybridized carbons (Fsp3) is 0.167. The van der Waals surface area contributed by atoms with E-state index in [1.54, 1.807) is 13.0 Å². The van der Waals surface area contributed by atoms with Gasteiger partial charge in [-0.15, -0.1) is 0 Å².